The summed E-state index contributed by atoms with van der Waals surface area (Å²) < 4.78 is 22.1. The molecule has 28 heavy (non-hydrogen) atoms. The molecule has 0 aliphatic carbocycles. The molecule has 1 aliphatic rings. The summed E-state index contributed by atoms with van der Waals surface area (Å²) in [5.74, 6) is 0.939. The highest BCUT2D eigenvalue weighted by Crippen LogP contribution is 2.42. The molecule has 4 rings (SSSR count). The molecule has 0 amide bonds. The van der Waals surface area contributed by atoms with Crippen molar-refractivity contribution >= 4 is 17.8 Å². The van der Waals surface area contributed by atoms with E-state index in [0.717, 1.165) is 11.8 Å². The predicted octanol–water partition coefficient (Wildman–Crippen LogP) is 2.77. The third kappa shape index (κ3) is 3.09. The monoisotopic (exact) mass is 383 g/mol. The molecule has 3 heterocycles. The van der Waals surface area contributed by atoms with E-state index in [-0.39, 0.29) is 11.9 Å². The first kappa shape index (κ1) is 18.4. The summed E-state index contributed by atoms with van der Waals surface area (Å²) in [5, 5.41) is 10.5. The second kappa shape index (κ2) is 6.87. The zero-order chi connectivity index (χ0) is 19.9. The minimum atomic E-state index is -0.485. The van der Waals surface area contributed by atoms with E-state index >= 15 is 0 Å². The van der Waals surface area contributed by atoms with E-state index in [2.05, 4.69) is 20.7 Å². The van der Waals surface area contributed by atoms with Gasteiger partial charge in [0.1, 0.15) is 23.0 Å². The molecule has 1 unspecified atom stereocenters. The number of aromatic nitrogens is 3. The second-order valence-corrected chi connectivity index (χ2v) is 7.37. The van der Waals surface area contributed by atoms with Crippen LogP contribution < -0.4 is 15.4 Å². The summed E-state index contributed by atoms with van der Waals surface area (Å²) in [6, 6.07) is 4.83. The highest BCUT2D eigenvalue weighted by molar-refractivity contribution is 5.84. The number of nitrogens with one attached hydrogen (secondary N) is 2. The maximum Gasteiger partial charge on any atom is 0.167 e. The van der Waals surface area contributed by atoms with Gasteiger partial charge in [0.2, 0.25) is 0 Å². The van der Waals surface area contributed by atoms with Crippen molar-refractivity contribution in [3.05, 3.63) is 53.1 Å². The van der Waals surface area contributed by atoms with Crippen molar-refractivity contribution in [1.82, 2.24) is 19.9 Å². The highest BCUT2D eigenvalue weighted by atomic mass is 19.1. The standard InChI is InChI=1S/C20H22FN5O2/c1-12(24-17-6-7-26-19(25-17)13(10-27)9-23-26)14-4-5-16(21)15-8-20(2,11-22-3)28-18(14)15/h4-7,9-10,12,22H,8,11H2,1-3H3,(H,24,25)/t12-,20?/m1/s1. The van der Waals surface area contributed by atoms with Crippen molar-refractivity contribution in [3.8, 4) is 5.75 Å². The molecule has 7 nitrogen and oxygen atoms in total. The van der Waals surface area contributed by atoms with Crippen LogP contribution in [0.1, 0.15) is 41.4 Å². The van der Waals surface area contributed by atoms with Crippen LogP contribution in [0.5, 0.6) is 5.75 Å². The Bertz CT molecular complexity index is 1050. The largest absolute Gasteiger partial charge is 0.485 e. The van der Waals surface area contributed by atoms with Gasteiger partial charge in [0.05, 0.1) is 17.8 Å². The Kier molecular flexibility index (Phi) is 4.50. The summed E-state index contributed by atoms with van der Waals surface area (Å²) >= 11 is 0. The van der Waals surface area contributed by atoms with E-state index in [9.17, 15) is 9.18 Å². The van der Waals surface area contributed by atoms with Crippen molar-refractivity contribution in [2.45, 2.75) is 31.9 Å². The normalized spacial score (nSPS) is 19.3. The van der Waals surface area contributed by atoms with E-state index in [0.29, 0.717) is 41.3 Å². The van der Waals surface area contributed by atoms with Crippen LogP contribution in [0.4, 0.5) is 10.2 Å². The molecule has 0 saturated carbocycles. The molecule has 2 N–H and O–H groups in total. The van der Waals surface area contributed by atoms with Crippen LogP contribution in [0.3, 0.4) is 0 Å². The number of carbonyl (C=O) groups excluding carboxylic acids is 1. The van der Waals surface area contributed by atoms with Crippen LogP contribution in [0.2, 0.25) is 0 Å². The Labute approximate surface area is 161 Å². The fourth-order valence-electron chi connectivity index (χ4n) is 3.73. The Balaban J connectivity index is 1.64. The van der Waals surface area contributed by atoms with Gasteiger partial charge in [0.25, 0.3) is 0 Å². The lowest BCUT2D eigenvalue weighted by Crippen LogP contribution is -2.40. The number of likely N-dealkylation sites (N-methyl/N-ethyl adjacent to an activating group) is 1. The van der Waals surface area contributed by atoms with Crippen molar-refractivity contribution < 1.29 is 13.9 Å². The van der Waals surface area contributed by atoms with Gasteiger partial charge in [-0.05, 0) is 33.0 Å². The molecule has 0 spiro atoms. The molecule has 146 valence electrons. The fraction of sp³-hybridized carbons (Fsp3) is 0.350. The molecule has 0 radical (unpaired) electrons. The lowest BCUT2D eigenvalue weighted by atomic mass is 9.96. The minimum absolute atomic E-state index is 0.177. The first-order valence-corrected chi connectivity index (χ1v) is 9.15. The van der Waals surface area contributed by atoms with Gasteiger partial charge in [-0.15, -0.1) is 0 Å². The molecule has 1 aliphatic heterocycles. The topological polar surface area (TPSA) is 80.5 Å². The number of fused-ring (bicyclic) bond motifs is 2. The number of halogens is 1. The maximum atomic E-state index is 14.4. The van der Waals surface area contributed by atoms with E-state index in [4.69, 9.17) is 4.74 Å². The van der Waals surface area contributed by atoms with Crippen LogP contribution in [-0.4, -0.2) is 40.1 Å². The summed E-state index contributed by atoms with van der Waals surface area (Å²) in [7, 11) is 1.85. The molecule has 1 aromatic carbocycles. The number of hydrogen-bond donors (Lipinski definition) is 2. The van der Waals surface area contributed by atoms with Gasteiger partial charge in [-0.1, -0.05) is 6.07 Å². The number of carbonyl (C=O) groups is 1. The van der Waals surface area contributed by atoms with Gasteiger partial charge < -0.3 is 15.4 Å². The van der Waals surface area contributed by atoms with Crippen molar-refractivity contribution in [3.63, 3.8) is 0 Å². The smallest absolute Gasteiger partial charge is 0.167 e. The minimum Gasteiger partial charge on any atom is -0.485 e. The second-order valence-electron chi connectivity index (χ2n) is 7.37. The Morgan fingerprint density at radius 3 is 3.00 bits per heavy atom. The SMILES string of the molecule is CNCC1(C)Cc2c(F)ccc([C@@H](C)Nc3ccn4ncc(C=O)c4n3)c2O1. The Morgan fingerprint density at radius 1 is 1.43 bits per heavy atom. The molecular weight excluding hydrogens is 361 g/mol. The van der Waals surface area contributed by atoms with Crippen LogP contribution in [0, 0.1) is 5.82 Å². The number of aldehydes is 1. The summed E-state index contributed by atoms with van der Waals surface area (Å²) in [5.41, 5.74) is 1.88. The van der Waals surface area contributed by atoms with Gasteiger partial charge in [-0.25, -0.2) is 13.9 Å². The Hall–Kier alpha value is -3.00. The van der Waals surface area contributed by atoms with Crippen LogP contribution in [-0.2, 0) is 6.42 Å². The molecule has 0 saturated heterocycles. The summed E-state index contributed by atoms with van der Waals surface area (Å²) in [4.78, 5) is 15.6. The van der Waals surface area contributed by atoms with Crippen LogP contribution in [0.15, 0.2) is 30.6 Å². The van der Waals surface area contributed by atoms with Crippen molar-refractivity contribution in [2.75, 3.05) is 18.9 Å². The average molecular weight is 383 g/mol. The van der Waals surface area contributed by atoms with Gasteiger partial charge >= 0.3 is 0 Å². The number of hydrogen-bond acceptors (Lipinski definition) is 6. The molecule has 3 aromatic rings. The molecule has 0 bridgehead atoms. The number of ether oxygens (including phenoxy) is 1. The lowest BCUT2D eigenvalue weighted by molar-refractivity contribution is 0.112. The average Bonchev–Trinajstić information content (AvgIpc) is 3.23. The number of anilines is 1. The van der Waals surface area contributed by atoms with Crippen LogP contribution in [0.25, 0.3) is 5.65 Å². The van der Waals surface area contributed by atoms with E-state index in [1.165, 1.54) is 12.3 Å². The third-order valence-corrected chi connectivity index (χ3v) is 5.04. The van der Waals surface area contributed by atoms with Gasteiger partial charge in [0.15, 0.2) is 11.9 Å². The van der Waals surface area contributed by atoms with Crippen molar-refractivity contribution in [1.29, 1.82) is 0 Å². The molecule has 8 heteroatoms. The van der Waals surface area contributed by atoms with Gasteiger partial charge in [-0.3, -0.25) is 4.79 Å². The summed E-state index contributed by atoms with van der Waals surface area (Å²) in [6.45, 7) is 4.56. The zero-order valence-electron chi connectivity index (χ0n) is 16.0. The molecule has 2 atom stereocenters. The van der Waals surface area contributed by atoms with Gasteiger partial charge in [-0.2, -0.15) is 5.10 Å². The quantitative estimate of drug-likeness (QED) is 0.637. The maximum absolute atomic E-state index is 14.4. The Morgan fingerprint density at radius 2 is 2.25 bits per heavy atom. The first-order valence-electron chi connectivity index (χ1n) is 9.15. The highest BCUT2D eigenvalue weighted by Gasteiger charge is 2.38. The predicted molar refractivity (Wildman–Crippen MR) is 103 cm³/mol. The lowest BCUT2D eigenvalue weighted by Gasteiger charge is -2.25. The molecular formula is C20H22FN5O2. The molecule has 0 fully saturated rings. The van der Waals surface area contributed by atoms with E-state index in [1.807, 2.05) is 20.9 Å². The number of rotatable bonds is 6. The van der Waals surface area contributed by atoms with Gasteiger partial charge in [0, 0.05) is 30.3 Å². The third-order valence-electron chi connectivity index (χ3n) is 5.04. The number of benzene rings is 1. The molecule has 2 aromatic heterocycles. The summed E-state index contributed by atoms with van der Waals surface area (Å²) in [6.07, 6.45) is 4.45. The first-order chi connectivity index (χ1) is 13.4. The van der Waals surface area contributed by atoms with Crippen LogP contribution >= 0.6 is 0 Å². The number of nitrogens with zero attached hydrogens (tertiary/aromatic N) is 3. The van der Waals surface area contributed by atoms with Crippen molar-refractivity contribution in [2.24, 2.45) is 0 Å². The zero-order valence-corrected chi connectivity index (χ0v) is 16.0. The van der Waals surface area contributed by atoms with E-state index in [1.54, 1.807) is 22.8 Å². The fourth-order valence-corrected chi connectivity index (χ4v) is 3.73. The van der Waals surface area contributed by atoms with E-state index < -0.39 is 5.60 Å².